The van der Waals surface area contributed by atoms with E-state index in [1.807, 2.05) is 6.92 Å². The molecule has 0 aromatic carbocycles. The highest BCUT2D eigenvalue weighted by atomic mass is 16.4. The van der Waals surface area contributed by atoms with Gasteiger partial charge in [-0.15, -0.1) is 6.58 Å². The third-order valence-corrected chi connectivity index (χ3v) is 1.90. The van der Waals surface area contributed by atoms with Gasteiger partial charge in [0.1, 0.15) is 6.54 Å². The molecule has 0 saturated carbocycles. The van der Waals surface area contributed by atoms with Crippen LogP contribution < -0.4 is 5.73 Å². The number of hydrogen-bond acceptors (Lipinski definition) is 3. The number of carboxylic acids is 1. The average molecular weight is 214 g/mol. The summed E-state index contributed by atoms with van der Waals surface area (Å²) in [7, 11) is 0. The van der Waals surface area contributed by atoms with Crippen LogP contribution in [0.4, 0.5) is 0 Å². The Morgan fingerprint density at radius 1 is 1.60 bits per heavy atom. The number of rotatable bonds is 7. The van der Waals surface area contributed by atoms with Gasteiger partial charge in [-0.2, -0.15) is 0 Å². The number of hydrogen-bond donors (Lipinski definition) is 2. The van der Waals surface area contributed by atoms with Gasteiger partial charge in [-0.25, -0.2) is 0 Å². The van der Waals surface area contributed by atoms with E-state index in [-0.39, 0.29) is 19.0 Å². The zero-order valence-corrected chi connectivity index (χ0v) is 8.98. The smallest absolute Gasteiger partial charge is 0.323 e. The predicted octanol–water partition coefficient (Wildman–Crippen LogP) is 0.213. The molecule has 0 aromatic rings. The molecule has 0 saturated heterocycles. The number of carbonyl (C=O) groups is 2. The topological polar surface area (TPSA) is 83.6 Å². The average Bonchev–Trinajstić information content (AvgIpc) is 2.16. The summed E-state index contributed by atoms with van der Waals surface area (Å²) < 4.78 is 0. The first kappa shape index (κ1) is 13.6. The van der Waals surface area contributed by atoms with Gasteiger partial charge in [-0.3, -0.25) is 9.59 Å². The fourth-order valence-electron chi connectivity index (χ4n) is 1.22. The van der Waals surface area contributed by atoms with Crippen molar-refractivity contribution < 1.29 is 14.7 Å². The first-order chi connectivity index (χ1) is 7.02. The highest BCUT2D eigenvalue weighted by Crippen LogP contribution is 2.00. The molecule has 5 heteroatoms. The van der Waals surface area contributed by atoms with Crippen molar-refractivity contribution in [2.45, 2.75) is 25.8 Å². The van der Waals surface area contributed by atoms with Gasteiger partial charge in [0.05, 0.1) is 6.04 Å². The summed E-state index contributed by atoms with van der Waals surface area (Å²) in [6.45, 7) is 5.27. The third-order valence-electron chi connectivity index (χ3n) is 1.90. The van der Waals surface area contributed by atoms with E-state index in [2.05, 4.69) is 6.58 Å². The molecule has 0 spiro atoms. The van der Waals surface area contributed by atoms with Gasteiger partial charge in [0.15, 0.2) is 0 Å². The summed E-state index contributed by atoms with van der Waals surface area (Å²) in [5.41, 5.74) is 5.62. The van der Waals surface area contributed by atoms with Gasteiger partial charge >= 0.3 is 5.97 Å². The summed E-state index contributed by atoms with van der Waals surface area (Å²) in [5, 5.41) is 8.60. The van der Waals surface area contributed by atoms with Crippen molar-refractivity contribution in [1.29, 1.82) is 0 Å². The van der Waals surface area contributed by atoms with Crippen LogP contribution >= 0.6 is 0 Å². The van der Waals surface area contributed by atoms with Crippen LogP contribution in [0, 0.1) is 0 Å². The molecule has 0 heterocycles. The van der Waals surface area contributed by atoms with Gasteiger partial charge in [-0.1, -0.05) is 19.4 Å². The van der Waals surface area contributed by atoms with Gasteiger partial charge < -0.3 is 15.7 Å². The lowest BCUT2D eigenvalue weighted by Gasteiger charge is -2.22. The van der Waals surface area contributed by atoms with E-state index < -0.39 is 12.0 Å². The lowest BCUT2D eigenvalue weighted by Crippen LogP contribution is -2.45. The molecule has 0 fully saturated rings. The number of carboxylic acid groups (broad SMARTS) is 1. The van der Waals surface area contributed by atoms with Crippen molar-refractivity contribution in [2.75, 3.05) is 13.1 Å². The number of carbonyl (C=O) groups excluding carboxylic acids is 1. The minimum Gasteiger partial charge on any atom is -0.480 e. The number of nitrogens with two attached hydrogens (primary N) is 1. The number of amides is 1. The van der Waals surface area contributed by atoms with Crippen molar-refractivity contribution >= 4 is 11.9 Å². The molecule has 3 N–H and O–H groups in total. The standard InChI is InChI=1S/C10H18N2O3/c1-3-5-8(11)10(15)12(6-4-2)7-9(13)14/h4,8H,2-3,5-7,11H2,1H3,(H,13,14)/t8-/m1/s1. The lowest BCUT2D eigenvalue weighted by molar-refractivity contribution is -0.144. The zero-order valence-electron chi connectivity index (χ0n) is 8.98. The fourth-order valence-corrected chi connectivity index (χ4v) is 1.22. The van der Waals surface area contributed by atoms with Crippen LogP contribution in [0.3, 0.4) is 0 Å². The molecule has 0 aliphatic heterocycles. The zero-order chi connectivity index (χ0) is 11.8. The second-order valence-corrected chi connectivity index (χ2v) is 3.30. The Morgan fingerprint density at radius 3 is 2.60 bits per heavy atom. The van der Waals surface area contributed by atoms with Crippen LogP contribution in [-0.2, 0) is 9.59 Å². The molecule has 1 atom stereocenters. The second-order valence-electron chi connectivity index (χ2n) is 3.30. The van der Waals surface area contributed by atoms with E-state index in [9.17, 15) is 9.59 Å². The molecule has 0 aliphatic carbocycles. The highest BCUT2D eigenvalue weighted by Gasteiger charge is 2.20. The predicted molar refractivity (Wildman–Crippen MR) is 57.3 cm³/mol. The molecule has 86 valence electrons. The molecule has 0 radical (unpaired) electrons. The Labute approximate surface area is 89.6 Å². The maximum Gasteiger partial charge on any atom is 0.323 e. The summed E-state index contributed by atoms with van der Waals surface area (Å²) in [4.78, 5) is 23.3. The highest BCUT2D eigenvalue weighted by molar-refractivity contribution is 5.85. The van der Waals surface area contributed by atoms with Crippen LogP contribution in [-0.4, -0.2) is 41.0 Å². The minimum absolute atomic E-state index is 0.211. The summed E-state index contributed by atoms with van der Waals surface area (Å²) in [6.07, 6.45) is 2.84. The maximum atomic E-state index is 11.6. The van der Waals surface area contributed by atoms with E-state index in [1.165, 1.54) is 11.0 Å². The first-order valence-electron chi connectivity index (χ1n) is 4.90. The molecule has 15 heavy (non-hydrogen) atoms. The van der Waals surface area contributed by atoms with Crippen LogP contribution in [0.25, 0.3) is 0 Å². The summed E-state index contributed by atoms with van der Waals surface area (Å²) >= 11 is 0. The fraction of sp³-hybridized carbons (Fsp3) is 0.600. The van der Waals surface area contributed by atoms with E-state index in [4.69, 9.17) is 10.8 Å². The Morgan fingerprint density at radius 2 is 2.20 bits per heavy atom. The Kier molecular flexibility index (Phi) is 6.37. The molecule has 0 rings (SSSR count). The quantitative estimate of drug-likeness (QED) is 0.593. The van der Waals surface area contributed by atoms with Crippen molar-refractivity contribution in [1.82, 2.24) is 4.90 Å². The van der Waals surface area contributed by atoms with Gasteiger partial charge in [0.2, 0.25) is 5.91 Å². The SMILES string of the molecule is C=CCN(CC(=O)O)C(=O)[C@H](N)CCC. The van der Waals surface area contributed by atoms with Crippen molar-refractivity contribution in [3.8, 4) is 0 Å². The van der Waals surface area contributed by atoms with Crippen LogP contribution in [0.1, 0.15) is 19.8 Å². The molecule has 1 amide bonds. The third kappa shape index (κ3) is 5.17. The number of aliphatic carboxylic acids is 1. The molecular formula is C10H18N2O3. The number of nitrogens with zero attached hydrogens (tertiary/aromatic N) is 1. The van der Waals surface area contributed by atoms with Crippen molar-refractivity contribution in [3.05, 3.63) is 12.7 Å². The van der Waals surface area contributed by atoms with Crippen LogP contribution in [0.5, 0.6) is 0 Å². The first-order valence-corrected chi connectivity index (χ1v) is 4.90. The largest absolute Gasteiger partial charge is 0.480 e. The molecular weight excluding hydrogens is 196 g/mol. The van der Waals surface area contributed by atoms with Crippen LogP contribution in [0.2, 0.25) is 0 Å². The molecule has 0 unspecified atom stereocenters. The Bertz CT molecular complexity index is 241. The van der Waals surface area contributed by atoms with Crippen LogP contribution in [0.15, 0.2) is 12.7 Å². The van der Waals surface area contributed by atoms with Gasteiger partial charge in [0.25, 0.3) is 0 Å². The van der Waals surface area contributed by atoms with Gasteiger partial charge in [-0.05, 0) is 6.42 Å². The maximum absolute atomic E-state index is 11.6. The van der Waals surface area contributed by atoms with Gasteiger partial charge in [0, 0.05) is 6.54 Å². The van der Waals surface area contributed by atoms with E-state index in [1.54, 1.807) is 0 Å². The molecule has 5 nitrogen and oxygen atoms in total. The monoisotopic (exact) mass is 214 g/mol. The van der Waals surface area contributed by atoms with Crippen molar-refractivity contribution in [3.63, 3.8) is 0 Å². The molecule has 0 aromatic heterocycles. The normalized spacial score (nSPS) is 11.9. The Balaban J connectivity index is 4.39. The molecule has 0 bridgehead atoms. The van der Waals surface area contributed by atoms with Crippen molar-refractivity contribution in [2.24, 2.45) is 5.73 Å². The van der Waals surface area contributed by atoms with E-state index in [0.29, 0.717) is 6.42 Å². The second kappa shape index (κ2) is 7.00. The minimum atomic E-state index is -1.05. The van der Waals surface area contributed by atoms with E-state index in [0.717, 1.165) is 6.42 Å². The Hall–Kier alpha value is -1.36. The molecule has 0 aliphatic rings. The van der Waals surface area contributed by atoms with E-state index >= 15 is 0 Å². The summed E-state index contributed by atoms with van der Waals surface area (Å²) in [6, 6.07) is -0.616. The lowest BCUT2D eigenvalue weighted by atomic mass is 10.1. The summed E-state index contributed by atoms with van der Waals surface area (Å²) in [5.74, 6) is -1.38.